The molecule has 0 spiro atoms. The average molecular weight is 643 g/mol. The van der Waals surface area contributed by atoms with E-state index in [2.05, 4.69) is 80.5 Å². The van der Waals surface area contributed by atoms with E-state index in [-0.39, 0.29) is 17.0 Å². The third-order valence-electron chi connectivity index (χ3n) is 8.71. The number of rotatable bonds is 11. The van der Waals surface area contributed by atoms with Crippen molar-refractivity contribution in [3.05, 3.63) is 108 Å². The van der Waals surface area contributed by atoms with Crippen molar-refractivity contribution in [2.45, 2.75) is 31.5 Å². The van der Waals surface area contributed by atoms with E-state index in [0.29, 0.717) is 5.56 Å². The lowest BCUT2D eigenvalue weighted by Gasteiger charge is -2.39. The minimum Gasteiger partial charge on any atom is -0.377 e. The maximum absolute atomic E-state index is 16.1. The molecule has 0 fully saturated rings. The van der Waals surface area contributed by atoms with Gasteiger partial charge in [-0.1, -0.05) is 36.4 Å². The molecule has 0 radical (unpaired) electrons. The number of pyridine rings is 1. The number of fused-ring (bicyclic) bond motifs is 3. The van der Waals surface area contributed by atoms with Gasteiger partial charge in [0.1, 0.15) is 11.5 Å². The lowest BCUT2D eigenvalue weighted by Crippen LogP contribution is -2.49. The van der Waals surface area contributed by atoms with Crippen LogP contribution in [-0.4, -0.2) is 76.0 Å². The fourth-order valence-electron chi connectivity index (χ4n) is 6.05. The van der Waals surface area contributed by atoms with Gasteiger partial charge in [-0.3, -0.25) is 4.98 Å². The molecule has 9 nitrogen and oxygen atoms in total. The van der Waals surface area contributed by atoms with Crippen LogP contribution in [0, 0.1) is 5.82 Å². The van der Waals surface area contributed by atoms with Gasteiger partial charge in [-0.2, -0.15) is 8.78 Å². The number of aromatic nitrogens is 5. The standard InChI is InChI=1S/C35H37F3N8O/c1-5-45(29-12-6-24(7-13-29)22-43(2)3)19-18-44(4)28-14-8-25(9-15-28)26-10-17-32(39-21-26)35(37,38)34(47)23-46-33(40-41-42-46)30-20-27(36)11-16-31(30)34/h6-17,20-21,47H,5,18-19,22-23H2,1-4H3/t34-/m0/s1. The highest BCUT2D eigenvalue weighted by molar-refractivity contribution is 5.67. The predicted octanol–water partition coefficient (Wildman–Crippen LogP) is 5.56. The Bertz CT molecular complexity index is 1830. The molecule has 1 aliphatic heterocycles. The smallest absolute Gasteiger partial charge is 0.323 e. The third-order valence-corrected chi connectivity index (χ3v) is 8.71. The largest absolute Gasteiger partial charge is 0.377 e. The van der Waals surface area contributed by atoms with Crippen molar-refractivity contribution in [1.29, 1.82) is 0 Å². The number of tetrazole rings is 1. The Morgan fingerprint density at radius 2 is 1.60 bits per heavy atom. The molecule has 0 unspecified atom stereocenters. The highest BCUT2D eigenvalue weighted by Crippen LogP contribution is 2.50. The number of halogens is 3. The van der Waals surface area contributed by atoms with Crippen LogP contribution < -0.4 is 9.80 Å². The summed E-state index contributed by atoms with van der Waals surface area (Å²) in [4.78, 5) is 10.8. The third kappa shape index (κ3) is 6.18. The van der Waals surface area contributed by atoms with Gasteiger partial charge in [-0.05, 0) is 85.0 Å². The Kier molecular flexibility index (Phi) is 8.73. The second-order valence-corrected chi connectivity index (χ2v) is 12.2. The monoisotopic (exact) mass is 642 g/mol. The van der Waals surface area contributed by atoms with E-state index in [1.54, 1.807) is 6.07 Å². The normalized spacial score (nSPS) is 15.8. The maximum atomic E-state index is 16.1. The van der Waals surface area contributed by atoms with Crippen molar-refractivity contribution < 1.29 is 18.3 Å². The molecule has 2 aromatic heterocycles. The van der Waals surface area contributed by atoms with Crippen LogP contribution in [0.5, 0.6) is 0 Å². The molecule has 3 heterocycles. The molecule has 12 heteroatoms. The van der Waals surface area contributed by atoms with Crippen LogP contribution in [-0.2, 0) is 24.6 Å². The molecule has 3 aromatic carbocycles. The molecule has 1 N–H and O–H groups in total. The zero-order valence-electron chi connectivity index (χ0n) is 26.8. The maximum Gasteiger partial charge on any atom is 0.323 e. The number of hydrogen-bond acceptors (Lipinski definition) is 8. The van der Waals surface area contributed by atoms with Gasteiger partial charge in [0, 0.05) is 67.5 Å². The first-order valence-electron chi connectivity index (χ1n) is 15.4. The van der Waals surface area contributed by atoms with Crippen LogP contribution in [0.4, 0.5) is 24.5 Å². The molecule has 6 rings (SSSR count). The zero-order chi connectivity index (χ0) is 33.3. The first kappa shape index (κ1) is 32.1. The van der Waals surface area contributed by atoms with Crippen molar-refractivity contribution in [3.63, 3.8) is 0 Å². The van der Waals surface area contributed by atoms with Gasteiger partial charge in [0.25, 0.3) is 0 Å². The number of benzene rings is 3. The number of nitrogens with zero attached hydrogens (tertiary/aromatic N) is 8. The van der Waals surface area contributed by atoms with Crippen LogP contribution in [0.2, 0.25) is 0 Å². The molecule has 0 saturated heterocycles. The first-order chi connectivity index (χ1) is 22.5. The summed E-state index contributed by atoms with van der Waals surface area (Å²) in [6.45, 7) is 4.98. The van der Waals surface area contributed by atoms with Crippen molar-refractivity contribution in [3.8, 4) is 22.5 Å². The van der Waals surface area contributed by atoms with Gasteiger partial charge >= 0.3 is 5.92 Å². The number of alkyl halides is 2. The minimum absolute atomic E-state index is 0.00164. The van der Waals surface area contributed by atoms with Crippen LogP contribution in [0.25, 0.3) is 22.5 Å². The van der Waals surface area contributed by atoms with Gasteiger partial charge in [-0.25, -0.2) is 9.07 Å². The SMILES string of the molecule is CCN(CCN(C)c1ccc(-c2ccc(C(F)(F)[C@]3(O)Cn4nnnc4-c4cc(F)ccc43)nc2)cc1)c1ccc(CN(C)C)cc1. The van der Waals surface area contributed by atoms with Gasteiger partial charge in [-0.15, -0.1) is 5.10 Å². The van der Waals surface area contributed by atoms with E-state index in [9.17, 15) is 9.50 Å². The van der Waals surface area contributed by atoms with Gasteiger partial charge < -0.3 is 19.8 Å². The summed E-state index contributed by atoms with van der Waals surface area (Å²) < 4.78 is 47.3. The predicted molar refractivity (Wildman–Crippen MR) is 176 cm³/mol. The van der Waals surface area contributed by atoms with Crippen molar-refractivity contribution in [2.24, 2.45) is 0 Å². The molecular weight excluding hydrogens is 605 g/mol. The fourth-order valence-corrected chi connectivity index (χ4v) is 6.05. The second kappa shape index (κ2) is 12.8. The van der Waals surface area contributed by atoms with Crippen LogP contribution >= 0.6 is 0 Å². The first-order valence-corrected chi connectivity index (χ1v) is 15.4. The number of likely N-dealkylation sites (N-methyl/N-ethyl adjacent to an activating group) is 2. The van der Waals surface area contributed by atoms with Crippen LogP contribution in [0.1, 0.15) is 23.7 Å². The molecule has 0 aliphatic carbocycles. The molecule has 0 bridgehead atoms. The Labute approximate surface area is 271 Å². The number of aliphatic hydroxyl groups is 1. The highest BCUT2D eigenvalue weighted by atomic mass is 19.3. The van der Waals surface area contributed by atoms with E-state index >= 15 is 8.78 Å². The molecule has 1 aliphatic rings. The van der Waals surface area contributed by atoms with Gasteiger partial charge in [0.05, 0.1) is 6.54 Å². The van der Waals surface area contributed by atoms with Crippen molar-refractivity contribution >= 4 is 11.4 Å². The lowest BCUT2D eigenvalue weighted by molar-refractivity contribution is -0.207. The summed E-state index contributed by atoms with van der Waals surface area (Å²) in [6, 6.07) is 22.5. The molecule has 5 aromatic rings. The summed E-state index contributed by atoms with van der Waals surface area (Å²) in [5, 5.41) is 22.6. The van der Waals surface area contributed by atoms with Crippen LogP contribution in [0.15, 0.2) is 85.1 Å². The van der Waals surface area contributed by atoms with Gasteiger partial charge in [0.2, 0.25) is 0 Å². The highest BCUT2D eigenvalue weighted by Gasteiger charge is 2.59. The van der Waals surface area contributed by atoms with E-state index < -0.39 is 29.6 Å². The van der Waals surface area contributed by atoms with Crippen LogP contribution in [0.3, 0.4) is 0 Å². The number of anilines is 2. The molecule has 244 valence electrons. The number of hydrogen-bond donors (Lipinski definition) is 1. The fraction of sp³-hybridized carbons (Fsp3) is 0.314. The van der Waals surface area contributed by atoms with E-state index in [0.717, 1.165) is 60.3 Å². The Hall–Kier alpha value is -4.81. The Morgan fingerprint density at radius 1 is 0.894 bits per heavy atom. The van der Waals surface area contributed by atoms with E-state index in [1.807, 2.05) is 31.3 Å². The quantitative estimate of drug-likeness (QED) is 0.201. The summed E-state index contributed by atoms with van der Waals surface area (Å²) in [7, 11) is 6.17. The summed E-state index contributed by atoms with van der Waals surface area (Å²) in [6.07, 6.45) is 1.37. The lowest BCUT2D eigenvalue weighted by atomic mass is 9.80. The topological polar surface area (TPSA) is 86.4 Å². The van der Waals surface area contributed by atoms with Gasteiger partial charge in [0.15, 0.2) is 11.4 Å². The van der Waals surface area contributed by atoms with Crippen molar-refractivity contribution in [2.75, 3.05) is 50.6 Å². The second-order valence-electron chi connectivity index (χ2n) is 12.2. The Balaban J connectivity index is 1.14. The summed E-state index contributed by atoms with van der Waals surface area (Å²) in [5.74, 6) is -4.41. The van der Waals surface area contributed by atoms with E-state index in [4.69, 9.17) is 0 Å². The summed E-state index contributed by atoms with van der Waals surface area (Å²) >= 11 is 0. The zero-order valence-corrected chi connectivity index (χ0v) is 26.8. The minimum atomic E-state index is -3.85. The molecule has 47 heavy (non-hydrogen) atoms. The summed E-state index contributed by atoms with van der Waals surface area (Å²) in [5.41, 5.74) is 1.40. The molecule has 1 atom stereocenters. The van der Waals surface area contributed by atoms with E-state index in [1.165, 1.54) is 23.5 Å². The Morgan fingerprint density at radius 3 is 2.26 bits per heavy atom. The van der Waals surface area contributed by atoms with Crippen molar-refractivity contribution in [1.82, 2.24) is 30.1 Å². The molecule has 0 amide bonds. The molecular formula is C35H37F3N8O. The average Bonchev–Trinajstić information content (AvgIpc) is 3.54. The molecule has 0 saturated carbocycles.